The molecule has 0 saturated carbocycles. The topological polar surface area (TPSA) is 8.81 Å². The minimum atomic E-state index is 1.09. The lowest BCUT2D eigenvalue weighted by molar-refractivity contribution is -0.704. The van der Waals surface area contributed by atoms with Crippen LogP contribution in [0.5, 0.6) is 0 Å². The van der Waals surface area contributed by atoms with Gasteiger partial charge in [0.1, 0.15) is 12.4 Å². The normalized spacial score (nSPS) is 11.1. The molecule has 0 aliphatic rings. The summed E-state index contributed by atoms with van der Waals surface area (Å²) in [6.45, 7) is 9.05. The summed E-state index contributed by atoms with van der Waals surface area (Å²) in [5.74, 6) is 1.48. The van der Waals surface area contributed by atoms with Gasteiger partial charge in [0, 0.05) is 6.42 Å². The third kappa shape index (κ3) is 5.80. The summed E-state index contributed by atoms with van der Waals surface area (Å²) in [5, 5.41) is 0. The molecule has 19 heavy (non-hydrogen) atoms. The zero-order chi connectivity index (χ0) is 13.9. The molecule has 0 fully saturated rings. The standard InChI is InChI=1S/C17H33N2/c1-4-7-8-9-10-11-12-13-14-19-16-15-18(6-3)17(19)5-2/h15-16H,4-14H2,1-3H3/q+1. The van der Waals surface area contributed by atoms with Gasteiger partial charge in [0.2, 0.25) is 0 Å². The zero-order valence-electron chi connectivity index (χ0n) is 13.3. The number of imidazole rings is 1. The van der Waals surface area contributed by atoms with E-state index in [0.717, 1.165) is 13.0 Å². The third-order valence-electron chi connectivity index (χ3n) is 4.00. The molecule has 1 rings (SSSR count). The van der Waals surface area contributed by atoms with E-state index in [1.807, 2.05) is 0 Å². The number of hydrogen-bond acceptors (Lipinski definition) is 0. The van der Waals surface area contributed by atoms with E-state index in [4.69, 9.17) is 0 Å². The Bertz CT molecular complexity index is 328. The van der Waals surface area contributed by atoms with Gasteiger partial charge in [0.15, 0.2) is 0 Å². The fraction of sp³-hybridized carbons (Fsp3) is 0.824. The third-order valence-corrected chi connectivity index (χ3v) is 4.00. The lowest BCUT2D eigenvalue weighted by Crippen LogP contribution is -2.37. The second-order valence-electron chi connectivity index (χ2n) is 5.52. The molecule has 0 amide bonds. The van der Waals surface area contributed by atoms with E-state index in [1.165, 1.54) is 63.7 Å². The molecule has 0 bridgehead atoms. The molecule has 2 nitrogen and oxygen atoms in total. The number of unbranched alkanes of at least 4 members (excludes halogenated alkanes) is 7. The maximum Gasteiger partial charge on any atom is 0.256 e. The van der Waals surface area contributed by atoms with Gasteiger partial charge in [0.25, 0.3) is 5.82 Å². The van der Waals surface area contributed by atoms with Crippen molar-refractivity contribution in [1.29, 1.82) is 0 Å². The van der Waals surface area contributed by atoms with Crippen LogP contribution in [-0.2, 0) is 19.5 Å². The number of hydrogen-bond donors (Lipinski definition) is 0. The predicted octanol–water partition coefficient (Wildman–Crippen LogP) is 4.50. The largest absolute Gasteiger partial charge is 0.256 e. The Morgan fingerprint density at radius 1 is 0.895 bits per heavy atom. The van der Waals surface area contributed by atoms with E-state index in [-0.39, 0.29) is 0 Å². The van der Waals surface area contributed by atoms with Gasteiger partial charge in [-0.05, 0) is 19.8 Å². The fourth-order valence-electron chi connectivity index (χ4n) is 2.81. The first kappa shape index (κ1) is 16.3. The number of aromatic nitrogens is 2. The van der Waals surface area contributed by atoms with Gasteiger partial charge >= 0.3 is 0 Å². The van der Waals surface area contributed by atoms with Crippen molar-refractivity contribution in [2.75, 3.05) is 0 Å². The predicted molar refractivity (Wildman–Crippen MR) is 82.3 cm³/mol. The van der Waals surface area contributed by atoms with Crippen molar-refractivity contribution in [3.8, 4) is 0 Å². The lowest BCUT2D eigenvalue weighted by Gasteiger charge is -2.03. The second kappa shape index (κ2) is 10.1. The Kier molecular flexibility index (Phi) is 8.61. The lowest BCUT2D eigenvalue weighted by atomic mass is 10.1. The highest BCUT2D eigenvalue weighted by Crippen LogP contribution is 2.08. The Labute approximate surface area is 119 Å². The SMILES string of the molecule is CCCCCCCCCC[n+]1ccn(CC)c1CC. The summed E-state index contributed by atoms with van der Waals surface area (Å²) < 4.78 is 4.81. The quantitative estimate of drug-likeness (QED) is 0.411. The zero-order valence-corrected chi connectivity index (χ0v) is 13.3. The Hall–Kier alpha value is -0.790. The Balaban J connectivity index is 2.14. The van der Waals surface area contributed by atoms with Crippen molar-refractivity contribution < 1.29 is 4.57 Å². The van der Waals surface area contributed by atoms with Crippen LogP contribution in [0.4, 0.5) is 0 Å². The van der Waals surface area contributed by atoms with E-state index in [0.29, 0.717) is 0 Å². The van der Waals surface area contributed by atoms with Crippen molar-refractivity contribution in [3.63, 3.8) is 0 Å². The molecule has 1 aromatic rings. The fourth-order valence-corrected chi connectivity index (χ4v) is 2.81. The van der Waals surface area contributed by atoms with Crippen LogP contribution in [0, 0.1) is 0 Å². The highest BCUT2D eigenvalue weighted by molar-refractivity contribution is 4.82. The molecular weight excluding hydrogens is 232 g/mol. The second-order valence-corrected chi connectivity index (χ2v) is 5.52. The molecule has 0 aliphatic heterocycles. The maximum absolute atomic E-state index is 2.45. The van der Waals surface area contributed by atoms with Crippen LogP contribution in [0.1, 0.15) is 78.0 Å². The summed E-state index contributed by atoms with van der Waals surface area (Å²) >= 11 is 0. The summed E-state index contributed by atoms with van der Waals surface area (Å²) in [5.41, 5.74) is 0. The summed E-state index contributed by atoms with van der Waals surface area (Å²) in [7, 11) is 0. The average Bonchev–Trinajstić information content (AvgIpc) is 2.83. The molecule has 2 heteroatoms. The van der Waals surface area contributed by atoms with E-state index < -0.39 is 0 Å². The van der Waals surface area contributed by atoms with Crippen molar-refractivity contribution >= 4 is 0 Å². The Morgan fingerprint density at radius 2 is 1.53 bits per heavy atom. The van der Waals surface area contributed by atoms with Gasteiger partial charge in [0.05, 0.1) is 13.1 Å². The molecule has 1 heterocycles. The summed E-state index contributed by atoms with van der Waals surface area (Å²) in [6, 6.07) is 0. The van der Waals surface area contributed by atoms with Crippen molar-refractivity contribution in [2.45, 2.75) is 91.6 Å². The van der Waals surface area contributed by atoms with Crippen LogP contribution in [0.3, 0.4) is 0 Å². The van der Waals surface area contributed by atoms with Gasteiger partial charge in [-0.2, -0.15) is 0 Å². The van der Waals surface area contributed by atoms with Gasteiger partial charge in [-0.3, -0.25) is 0 Å². The molecule has 1 aromatic heterocycles. The van der Waals surface area contributed by atoms with Gasteiger partial charge < -0.3 is 0 Å². The van der Waals surface area contributed by atoms with Crippen molar-refractivity contribution in [1.82, 2.24) is 4.57 Å². The number of aryl methyl sites for hydroxylation is 2. The molecule has 0 spiro atoms. The average molecular weight is 265 g/mol. The molecule has 0 atom stereocenters. The highest BCUT2D eigenvalue weighted by atomic mass is 15.1. The summed E-state index contributed by atoms with van der Waals surface area (Å²) in [6.07, 6.45) is 16.8. The van der Waals surface area contributed by atoms with Crippen LogP contribution in [0.25, 0.3) is 0 Å². The van der Waals surface area contributed by atoms with Crippen LogP contribution >= 0.6 is 0 Å². The Morgan fingerprint density at radius 3 is 2.11 bits per heavy atom. The van der Waals surface area contributed by atoms with Crippen molar-refractivity contribution in [2.24, 2.45) is 0 Å². The first-order chi connectivity index (χ1) is 9.33. The van der Waals surface area contributed by atoms with Crippen LogP contribution in [-0.4, -0.2) is 4.57 Å². The van der Waals surface area contributed by atoms with Crippen LogP contribution < -0.4 is 4.57 Å². The van der Waals surface area contributed by atoms with E-state index in [1.54, 1.807) is 0 Å². The number of nitrogens with zero attached hydrogens (tertiary/aromatic N) is 2. The molecule has 0 saturated heterocycles. The number of rotatable bonds is 11. The van der Waals surface area contributed by atoms with Crippen LogP contribution in [0.2, 0.25) is 0 Å². The van der Waals surface area contributed by atoms with Gasteiger partial charge in [-0.1, -0.05) is 52.4 Å². The molecular formula is C17H33N2+. The first-order valence-electron chi connectivity index (χ1n) is 8.40. The van der Waals surface area contributed by atoms with E-state index in [9.17, 15) is 0 Å². The minimum Gasteiger partial charge on any atom is -0.235 e. The molecule has 0 N–H and O–H groups in total. The van der Waals surface area contributed by atoms with E-state index in [2.05, 4.69) is 42.3 Å². The summed E-state index contributed by atoms with van der Waals surface area (Å²) in [4.78, 5) is 0. The smallest absolute Gasteiger partial charge is 0.235 e. The molecule has 0 aromatic carbocycles. The maximum atomic E-state index is 2.45. The highest BCUT2D eigenvalue weighted by Gasteiger charge is 2.12. The monoisotopic (exact) mass is 265 g/mol. The molecule has 0 aliphatic carbocycles. The van der Waals surface area contributed by atoms with E-state index >= 15 is 0 Å². The van der Waals surface area contributed by atoms with Crippen molar-refractivity contribution in [3.05, 3.63) is 18.2 Å². The molecule has 0 radical (unpaired) electrons. The van der Waals surface area contributed by atoms with Gasteiger partial charge in [-0.25, -0.2) is 9.13 Å². The van der Waals surface area contributed by atoms with Gasteiger partial charge in [-0.15, -0.1) is 0 Å². The minimum absolute atomic E-state index is 1.09. The molecule has 0 unspecified atom stereocenters. The first-order valence-corrected chi connectivity index (χ1v) is 8.40. The molecule has 110 valence electrons. The van der Waals surface area contributed by atoms with Crippen LogP contribution in [0.15, 0.2) is 12.4 Å².